The third-order valence-corrected chi connectivity index (χ3v) is 6.98. The molecule has 6 heteroatoms. The Bertz CT molecular complexity index is 1250. The topological polar surface area (TPSA) is 55.8 Å². The highest BCUT2D eigenvalue weighted by Crippen LogP contribution is 2.55. The maximum absolute atomic E-state index is 14.1. The predicted octanol–water partition coefficient (Wildman–Crippen LogP) is 5.96. The van der Waals surface area contributed by atoms with E-state index in [1.165, 1.54) is 4.90 Å². The summed E-state index contributed by atoms with van der Waals surface area (Å²) in [5.74, 6) is 0.509. The van der Waals surface area contributed by atoms with Crippen LogP contribution in [-0.4, -0.2) is 31.8 Å². The molecule has 2 atom stereocenters. The molecule has 0 spiro atoms. The molecular weight excluding hydrogens is 442 g/mol. The van der Waals surface area contributed by atoms with Crippen molar-refractivity contribution in [3.8, 4) is 5.75 Å². The van der Waals surface area contributed by atoms with Crippen LogP contribution in [0.4, 0.5) is 4.79 Å². The molecule has 34 heavy (non-hydrogen) atoms. The predicted molar refractivity (Wildman–Crippen MR) is 134 cm³/mol. The van der Waals surface area contributed by atoms with Crippen molar-refractivity contribution in [3.63, 3.8) is 0 Å². The first kappa shape index (κ1) is 22.2. The number of rotatable bonds is 6. The van der Waals surface area contributed by atoms with Crippen LogP contribution in [0.25, 0.3) is 5.57 Å². The monoisotopic (exact) mass is 469 g/mol. The Morgan fingerprint density at radius 2 is 1.56 bits per heavy atom. The molecular formula is C28H27NO4Si. The number of cyclic esters (lactones) is 1. The highest BCUT2D eigenvalue weighted by molar-refractivity contribution is 6.70. The maximum atomic E-state index is 14.1. The number of benzene rings is 3. The van der Waals surface area contributed by atoms with Crippen LogP contribution in [0.3, 0.4) is 0 Å². The standard InChI is InChI=1S/C28H27NO4Si/c1-34(2,3)33-23-16-14-21(15-17-23)25-19-32-27(31)29(25)26(30)28(22-12-8-5-9-13-22)18-24(28)20-10-6-4-7-11-20/h4-18,25H,19H2,1-3H3/t25-,28+/m0/s1. The fourth-order valence-corrected chi connectivity index (χ4v) is 5.39. The van der Waals surface area contributed by atoms with Gasteiger partial charge >= 0.3 is 6.09 Å². The minimum absolute atomic E-state index is 0.129. The lowest BCUT2D eigenvalue weighted by Crippen LogP contribution is -2.42. The van der Waals surface area contributed by atoms with Gasteiger partial charge in [0.25, 0.3) is 5.91 Å². The Balaban J connectivity index is 1.48. The highest BCUT2D eigenvalue weighted by Gasteiger charge is 2.58. The normalized spacial score (nSPS) is 21.6. The maximum Gasteiger partial charge on any atom is 0.417 e. The number of carbonyl (C=O) groups excluding carboxylic acids is 2. The van der Waals surface area contributed by atoms with E-state index in [1.54, 1.807) is 0 Å². The van der Waals surface area contributed by atoms with Crippen molar-refractivity contribution in [1.82, 2.24) is 4.90 Å². The van der Waals surface area contributed by atoms with Gasteiger partial charge in [-0.2, -0.15) is 0 Å². The molecule has 0 radical (unpaired) electrons. The van der Waals surface area contributed by atoms with Crippen molar-refractivity contribution >= 4 is 25.9 Å². The van der Waals surface area contributed by atoms with Gasteiger partial charge in [-0.1, -0.05) is 78.9 Å². The van der Waals surface area contributed by atoms with Gasteiger partial charge in [-0.3, -0.25) is 4.79 Å². The van der Waals surface area contributed by atoms with Crippen molar-refractivity contribution in [1.29, 1.82) is 0 Å². The molecule has 3 aromatic rings. The first-order valence-corrected chi connectivity index (χ1v) is 14.8. The summed E-state index contributed by atoms with van der Waals surface area (Å²) in [6.07, 6.45) is 1.34. The zero-order valence-electron chi connectivity index (χ0n) is 19.5. The van der Waals surface area contributed by atoms with Gasteiger partial charge in [-0.15, -0.1) is 0 Å². The SMILES string of the molecule is C[Si](C)(C)Oc1ccc([C@@H]2COC(=O)N2C(=O)[C@@]2(c3ccccc3)C=C2c2ccccc2)cc1. The molecule has 0 N–H and O–H groups in total. The molecule has 1 saturated heterocycles. The van der Waals surface area contributed by atoms with Crippen LogP contribution < -0.4 is 4.43 Å². The second-order valence-corrected chi connectivity index (χ2v) is 14.1. The molecule has 2 amide bonds. The number of carbonyl (C=O) groups is 2. The van der Waals surface area contributed by atoms with Gasteiger partial charge in [0.15, 0.2) is 0 Å². The van der Waals surface area contributed by atoms with Crippen molar-refractivity contribution in [2.45, 2.75) is 31.1 Å². The number of nitrogens with zero attached hydrogens (tertiary/aromatic N) is 1. The first-order valence-electron chi connectivity index (χ1n) is 11.4. The van der Waals surface area contributed by atoms with Gasteiger partial charge in [-0.25, -0.2) is 9.69 Å². The lowest BCUT2D eigenvalue weighted by Gasteiger charge is -2.27. The molecule has 0 aromatic heterocycles. The van der Waals surface area contributed by atoms with Gasteiger partial charge in [0.1, 0.15) is 23.8 Å². The molecule has 1 aliphatic carbocycles. The molecule has 0 unspecified atom stereocenters. The van der Waals surface area contributed by atoms with Crippen LogP contribution in [0, 0.1) is 0 Å². The Morgan fingerprint density at radius 1 is 0.941 bits per heavy atom. The molecule has 3 aromatic carbocycles. The van der Waals surface area contributed by atoms with Crippen molar-refractivity contribution in [2.24, 2.45) is 0 Å². The van der Waals surface area contributed by atoms with Gasteiger partial charge in [-0.05, 0) is 54.0 Å². The third kappa shape index (κ3) is 3.94. The quantitative estimate of drug-likeness (QED) is 0.418. The van der Waals surface area contributed by atoms with E-state index < -0.39 is 25.9 Å². The molecule has 5 rings (SSSR count). The minimum atomic E-state index is -1.73. The van der Waals surface area contributed by atoms with E-state index in [0.29, 0.717) is 0 Å². The fourth-order valence-electron chi connectivity index (χ4n) is 4.54. The largest absolute Gasteiger partial charge is 0.544 e. The lowest BCUT2D eigenvalue weighted by atomic mass is 9.86. The van der Waals surface area contributed by atoms with E-state index in [-0.39, 0.29) is 12.5 Å². The Labute approximate surface area is 200 Å². The average Bonchev–Trinajstić information content (AvgIpc) is 3.48. The molecule has 1 aliphatic heterocycles. The molecule has 0 bridgehead atoms. The second-order valence-electron chi connectivity index (χ2n) is 9.65. The molecule has 0 saturated carbocycles. The number of hydrogen-bond donors (Lipinski definition) is 0. The van der Waals surface area contributed by atoms with Gasteiger partial charge in [0, 0.05) is 0 Å². The van der Waals surface area contributed by atoms with Crippen LogP contribution in [0.2, 0.25) is 19.6 Å². The second kappa shape index (κ2) is 8.29. The van der Waals surface area contributed by atoms with Crippen LogP contribution >= 0.6 is 0 Å². The van der Waals surface area contributed by atoms with Gasteiger partial charge < -0.3 is 9.16 Å². The molecule has 1 heterocycles. The Kier molecular flexibility index (Phi) is 5.41. The average molecular weight is 470 g/mol. The van der Waals surface area contributed by atoms with Crippen LogP contribution in [0.15, 0.2) is 91.0 Å². The summed E-state index contributed by atoms with van der Waals surface area (Å²) in [5, 5.41) is 0. The van der Waals surface area contributed by atoms with E-state index >= 15 is 0 Å². The van der Waals surface area contributed by atoms with E-state index in [4.69, 9.17) is 9.16 Å². The zero-order chi connectivity index (χ0) is 23.9. The molecule has 5 nitrogen and oxygen atoms in total. The summed E-state index contributed by atoms with van der Waals surface area (Å²) in [4.78, 5) is 28.2. The zero-order valence-corrected chi connectivity index (χ0v) is 20.5. The van der Waals surface area contributed by atoms with E-state index in [9.17, 15) is 9.59 Å². The molecule has 172 valence electrons. The highest BCUT2D eigenvalue weighted by atomic mass is 28.4. The van der Waals surface area contributed by atoms with Crippen molar-refractivity contribution in [2.75, 3.05) is 6.61 Å². The van der Waals surface area contributed by atoms with E-state index in [0.717, 1.165) is 28.0 Å². The third-order valence-electron chi connectivity index (χ3n) is 6.13. The number of ether oxygens (including phenoxy) is 1. The van der Waals surface area contributed by atoms with Crippen LogP contribution in [0.5, 0.6) is 5.75 Å². The first-order chi connectivity index (χ1) is 16.3. The summed E-state index contributed by atoms with van der Waals surface area (Å²) in [7, 11) is -1.73. The summed E-state index contributed by atoms with van der Waals surface area (Å²) >= 11 is 0. The Hall–Kier alpha value is -3.64. The van der Waals surface area contributed by atoms with E-state index in [2.05, 4.69) is 19.6 Å². The summed E-state index contributed by atoms with van der Waals surface area (Å²) in [6, 6.07) is 26.6. The van der Waals surface area contributed by atoms with E-state index in [1.807, 2.05) is 91.0 Å². The minimum Gasteiger partial charge on any atom is -0.544 e. The molecule has 1 fully saturated rings. The van der Waals surface area contributed by atoms with Crippen LogP contribution in [0.1, 0.15) is 22.7 Å². The van der Waals surface area contributed by atoms with Gasteiger partial charge in [0.2, 0.25) is 8.32 Å². The fraction of sp³-hybridized carbons (Fsp3) is 0.214. The number of hydrogen-bond acceptors (Lipinski definition) is 4. The smallest absolute Gasteiger partial charge is 0.417 e. The number of imide groups is 1. The van der Waals surface area contributed by atoms with Crippen LogP contribution in [-0.2, 0) is 14.9 Å². The summed E-state index contributed by atoms with van der Waals surface area (Å²) in [5.41, 5.74) is 2.58. The summed E-state index contributed by atoms with van der Waals surface area (Å²) < 4.78 is 11.4. The number of amides is 2. The Morgan fingerprint density at radius 3 is 2.18 bits per heavy atom. The summed E-state index contributed by atoms with van der Waals surface area (Å²) in [6.45, 7) is 6.51. The lowest BCUT2D eigenvalue weighted by molar-refractivity contribution is -0.131. The van der Waals surface area contributed by atoms with Crippen molar-refractivity contribution < 1.29 is 18.8 Å². The van der Waals surface area contributed by atoms with Crippen molar-refractivity contribution in [3.05, 3.63) is 108 Å². The van der Waals surface area contributed by atoms with Gasteiger partial charge in [0.05, 0.1) is 0 Å². The molecule has 2 aliphatic rings.